The molecule has 26 heavy (non-hydrogen) atoms. The molecule has 0 amide bonds. The lowest BCUT2D eigenvalue weighted by molar-refractivity contribution is -1.00. The van der Waals surface area contributed by atoms with Crippen molar-refractivity contribution in [2.45, 2.75) is 65.2 Å². The number of hydrogen-bond acceptors (Lipinski definition) is 1. The smallest absolute Gasteiger partial charge is 0.127 e. The number of ether oxygens (including phenoxy) is 1. The number of piperazine rings is 1. The second-order valence-electron chi connectivity index (χ2n) is 8.79. The Hall–Kier alpha value is -1.06. The molecular formula is C23H42N2O+2. The molecule has 0 atom stereocenters. The van der Waals surface area contributed by atoms with Crippen LogP contribution in [0.5, 0.6) is 5.75 Å². The predicted molar refractivity (Wildman–Crippen MR) is 111 cm³/mol. The Balaban J connectivity index is 1.68. The summed E-state index contributed by atoms with van der Waals surface area (Å²) in [7, 11) is 2.32. The summed E-state index contributed by atoms with van der Waals surface area (Å²) in [6.07, 6.45) is 5.18. The highest BCUT2D eigenvalue weighted by Crippen LogP contribution is 2.34. The van der Waals surface area contributed by atoms with E-state index in [0.717, 1.165) is 12.4 Å². The van der Waals surface area contributed by atoms with Crippen molar-refractivity contribution < 1.29 is 14.5 Å². The van der Waals surface area contributed by atoms with Crippen molar-refractivity contribution in [2.24, 2.45) is 0 Å². The highest BCUT2D eigenvalue weighted by molar-refractivity contribution is 5.44. The van der Waals surface area contributed by atoms with Gasteiger partial charge < -0.3 is 14.5 Å². The fraction of sp³-hybridized carbons (Fsp3) is 0.739. The monoisotopic (exact) mass is 362 g/mol. The quantitative estimate of drug-likeness (QED) is 0.611. The second kappa shape index (κ2) is 10.9. The van der Waals surface area contributed by atoms with Crippen LogP contribution in [0.3, 0.4) is 0 Å². The lowest BCUT2D eigenvalue weighted by Crippen LogP contribution is -3.27. The standard InChI is InChI=1S/C23H40N2O/c1-19(2)21-11-10-12-22(20(3)4)23(21)26-18-9-7-6-8-13-25-16-14-24(5)15-17-25/h10-12,19-20H,6-9,13-18H2,1-5H3/p+2. The van der Waals surface area contributed by atoms with E-state index in [0.29, 0.717) is 11.8 Å². The lowest BCUT2D eigenvalue weighted by Gasteiger charge is -2.27. The molecule has 1 aliphatic rings. The van der Waals surface area contributed by atoms with Crippen LogP contribution in [-0.2, 0) is 0 Å². The maximum Gasteiger partial charge on any atom is 0.127 e. The van der Waals surface area contributed by atoms with Crippen LogP contribution in [-0.4, -0.2) is 46.4 Å². The fourth-order valence-electron chi connectivity index (χ4n) is 3.93. The summed E-state index contributed by atoms with van der Waals surface area (Å²) in [5, 5.41) is 0. The summed E-state index contributed by atoms with van der Waals surface area (Å²) in [5.41, 5.74) is 2.72. The number of nitrogens with one attached hydrogen (secondary N) is 2. The third-order valence-corrected chi connectivity index (χ3v) is 5.80. The third kappa shape index (κ3) is 6.59. The zero-order chi connectivity index (χ0) is 18.9. The largest absolute Gasteiger partial charge is 0.493 e. The molecule has 2 rings (SSSR count). The van der Waals surface area contributed by atoms with Gasteiger partial charge >= 0.3 is 0 Å². The van der Waals surface area contributed by atoms with Crippen LogP contribution in [0.4, 0.5) is 0 Å². The van der Waals surface area contributed by atoms with Gasteiger partial charge in [-0.15, -0.1) is 0 Å². The molecule has 0 spiro atoms. The van der Waals surface area contributed by atoms with E-state index < -0.39 is 0 Å². The maximum absolute atomic E-state index is 6.29. The molecule has 2 N–H and O–H groups in total. The second-order valence-corrected chi connectivity index (χ2v) is 8.79. The molecular weight excluding hydrogens is 320 g/mol. The molecule has 1 fully saturated rings. The van der Waals surface area contributed by atoms with Crippen LogP contribution >= 0.6 is 0 Å². The highest BCUT2D eigenvalue weighted by Gasteiger charge is 2.19. The first-order chi connectivity index (χ1) is 12.5. The average Bonchev–Trinajstić information content (AvgIpc) is 2.62. The van der Waals surface area contributed by atoms with Gasteiger partial charge in [-0.2, -0.15) is 0 Å². The van der Waals surface area contributed by atoms with Crippen LogP contribution < -0.4 is 14.5 Å². The minimum atomic E-state index is 0.511. The van der Waals surface area contributed by atoms with Gasteiger partial charge in [-0.3, -0.25) is 0 Å². The first-order valence-electron chi connectivity index (χ1n) is 10.9. The van der Waals surface area contributed by atoms with Crippen LogP contribution in [0.1, 0.15) is 76.3 Å². The Morgan fingerprint density at radius 1 is 0.846 bits per heavy atom. The third-order valence-electron chi connectivity index (χ3n) is 5.80. The van der Waals surface area contributed by atoms with Crippen molar-refractivity contribution in [3.63, 3.8) is 0 Å². The molecule has 3 heteroatoms. The molecule has 0 aromatic heterocycles. The van der Waals surface area contributed by atoms with E-state index in [1.165, 1.54) is 69.5 Å². The molecule has 1 heterocycles. The Morgan fingerprint density at radius 2 is 1.42 bits per heavy atom. The molecule has 0 aliphatic carbocycles. The molecule has 0 radical (unpaired) electrons. The number of likely N-dealkylation sites (N-methyl/N-ethyl adjacent to an activating group) is 1. The molecule has 0 saturated carbocycles. The first-order valence-corrected chi connectivity index (χ1v) is 10.9. The average molecular weight is 363 g/mol. The van der Waals surface area contributed by atoms with Crippen molar-refractivity contribution in [3.05, 3.63) is 29.3 Å². The SMILES string of the molecule is CC(C)c1cccc(C(C)C)c1OCCCCCC[NH+]1CC[NH+](C)CC1. The van der Waals surface area contributed by atoms with Crippen molar-refractivity contribution >= 4 is 0 Å². The van der Waals surface area contributed by atoms with Crippen molar-refractivity contribution in [1.82, 2.24) is 0 Å². The minimum absolute atomic E-state index is 0.511. The van der Waals surface area contributed by atoms with Crippen molar-refractivity contribution in [1.29, 1.82) is 0 Å². The summed E-state index contributed by atoms with van der Waals surface area (Å²) in [6, 6.07) is 6.64. The Kier molecular flexibility index (Phi) is 8.94. The molecule has 0 bridgehead atoms. The molecule has 3 nitrogen and oxygen atoms in total. The minimum Gasteiger partial charge on any atom is -0.493 e. The van der Waals surface area contributed by atoms with E-state index in [-0.39, 0.29) is 0 Å². The molecule has 1 aromatic carbocycles. The number of benzene rings is 1. The van der Waals surface area contributed by atoms with Crippen molar-refractivity contribution in [3.8, 4) is 5.75 Å². The molecule has 148 valence electrons. The van der Waals surface area contributed by atoms with Gasteiger partial charge in [0.05, 0.1) is 20.2 Å². The topological polar surface area (TPSA) is 18.1 Å². The Bertz CT molecular complexity index is 493. The van der Waals surface area contributed by atoms with Crippen LogP contribution in [0, 0.1) is 0 Å². The highest BCUT2D eigenvalue weighted by atomic mass is 16.5. The van der Waals surface area contributed by atoms with Crippen LogP contribution in [0.2, 0.25) is 0 Å². The van der Waals surface area contributed by atoms with Gasteiger partial charge in [0.1, 0.15) is 31.9 Å². The number of para-hydroxylation sites is 1. The molecule has 1 aliphatic heterocycles. The van der Waals surface area contributed by atoms with Crippen LogP contribution in [0.15, 0.2) is 18.2 Å². The number of quaternary nitrogens is 2. The van der Waals surface area contributed by atoms with Crippen LogP contribution in [0.25, 0.3) is 0 Å². The van der Waals surface area contributed by atoms with Gasteiger partial charge in [-0.25, -0.2) is 0 Å². The number of hydrogen-bond donors (Lipinski definition) is 2. The van der Waals surface area contributed by atoms with Gasteiger partial charge in [-0.05, 0) is 48.6 Å². The Labute approximate surface area is 161 Å². The summed E-state index contributed by atoms with van der Waals surface area (Å²) < 4.78 is 6.29. The number of unbranched alkanes of at least 4 members (excludes halogenated alkanes) is 3. The maximum atomic E-state index is 6.29. The van der Waals surface area contributed by atoms with Crippen molar-refractivity contribution in [2.75, 3.05) is 46.4 Å². The van der Waals surface area contributed by atoms with E-state index in [1.807, 2.05) is 4.90 Å². The summed E-state index contributed by atoms with van der Waals surface area (Å²) in [5.74, 6) is 2.18. The molecule has 0 unspecified atom stereocenters. The molecule has 1 aromatic rings. The summed E-state index contributed by atoms with van der Waals surface area (Å²) in [6.45, 7) is 16.7. The zero-order valence-corrected chi connectivity index (χ0v) is 17.9. The lowest BCUT2D eigenvalue weighted by atomic mass is 9.94. The molecule has 1 saturated heterocycles. The normalized spacial score (nSPS) is 20.7. The predicted octanol–water partition coefficient (Wildman–Crippen LogP) is 2.29. The fourth-order valence-corrected chi connectivity index (χ4v) is 3.93. The van der Waals surface area contributed by atoms with Gasteiger partial charge in [0.15, 0.2) is 0 Å². The van der Waals surface area contributed by atoms with Gasteiger partial charge in [0.25, 0.3) is 0 Å². The van der Waals surface area contributed by atoms with E-state index in [9.17, 15) is 0 Å². The zero-order valence-electron chi connectivity index (χ0n) is 17.9. The number of rotatable bonds is 10. The Morgan fingerprint density at radius 3 is 2.00 bits per heavy atom. The van der Waals surface area contributed by atoms with E-state index >= 15 is 0 Å². The van der Waals surface area contributed by atoms with E-state index in [2.05, 4.69) is 52.9 Å². The summed E-state index contributed by atoms with van der Waals surface area (Å²) >= 11 is 0. The van der Waals surface area contributed by atoms with Gasteiger partial charge in [0.2, 0.25) is 0 Å². The van der Waals surface area contributed by atoms with Gasteiger partial charge in [-0.1, -0.05) is 45.9 Å². The summed E-state index contributed by atoms with van der Waals surface area (Å²) in [4.78, 5) is 3.52. The van der Waals surface area contributed by atoms with E-state index in [1.54, 1.807) is 4.90 Å². The first kappa shape index (κ1) is 21.2. The van der Waals surface area contributed by atoms with E-state index in [4.69, 9.17) is 4.74 Å². The van der Waals surface area contributed by atoms with Gasteiger partial charge in [0, 0.05) is 0 Å².